The molecule has 0 unspecified atom stereocenters. The Morgan fingerprint density at radius 2 is 1.97 bits per heavy atom. The molecule has 0 aliphatic rings. The molecule has 5 aromatic rings. The van der Waals surface area contributed by atoms with Crippen molar-refractivity contribution >= 4 is 22.1 Å². The first-order valence-electron chi connectivity index (χ1n) is 10.2. The molecule has 0 bridgehead atoms. The molecule has 9 heteroatoms. The van der Waals surface area contributed by atoms with Crippen molar-refractivity contribution in [3.8, 4) is 11.3 Å². The molecular formula is C22H23N9. The van der Waals surface area contributed by atoms with E-state index in [1.54, 1.807) is 17.1 Å². The largest absolute Gasteiger partial charge is 0.309 e. The first-order chi connectivity index (χ1) is 15.2. The summed E-state index contributed by atoms with van der Waals surface area (Å²) in [5, 5.41) is 15.2. The Kier molecular flexibility index (Phi) is 5.09. The van der Waals surface area contributed by atoms with E-state index in [4.69, 9.17) is 4.98 Å². The highest BCUT2D eigenvalue weighted by Gasteiger charge is 2.12. The van der Waals surface area contributed by atoms with Crippen molar-refractivity contribution in [2.45, 2.75) is 19.5 Å². The molecule has 4 aromatic heterocycles. The van der Waals surface area contributed by atoms with Crippen molar-refractivity contribution in [2.75, 3.05) is 20.6 Å². The summed E-state index contributed by atoms with van der Waals surface area (Å²) in [6.45, 7) is 2.46. The average Bonchev–Trinajstić information content (AvgIpc) is 3.40. The molecule has 0 radical (unpaired) electrons. The lowest BCUT2D eigenvalue weighted by Gasteiger charge is -2.08. The van der Waals surface area contributed by atoms with Gasteiger partial charge in [0.05, 0.1) is 24.6 Å². The lowest BCUT2D eigenvalue weighted by atomic mass is 10.1. The molecule has 0 aliphatic carbocycles. The van der Waals surface area contributed by atoms with Gasteiger partial charge in [-0.2, -0.15) is 5.10 Å². The van der Waals surface area contributed by atoms with E-state index in [1.807, 2.05) is 29.3 Å². The molecule has 0 amide bonds. The Bertz CT molecular complexity index is 1340. The normalized spacial score (nSPS) is 11.7. The van der Waals surface area contributed by atoms with Gasteiger partial charge in [0.2, 0.25) is 5.65 Å². The summed E-state index contributed by atoms with van der Waals surface area (Å²) in [7, 11) is 4.15. The van der Waals surface area contributed by atoms with Crippen molar-refractivity contribution in [3.63, 3.8) is 0 Å². The Morgan fingerprint density at radius 3 is 2.87 bits per heavy atom. The number of benzene rings is 1. The fourth-order valence-electron chi connectivity index (χ4n) is 3.57. The van der Waals surface area contributed by atoms with E-state index in [-0.39, 0.29) is 0 Å². The van der Waals surface area contributed by atoms with E-state index in [0.29, 0.717) is 17.8 Å². The van der Waals surface area contributed by atoms with Gasteiger partial charge in [-0.05, 0) is 50.1 Å². The Labute approximate surface area is 179 Å². The molecule has 1 aromatic carbocycles. The summed E-state index contributed by atoms with van der Waals surface area (Å²) in [4.78, 5) is 15.6. The standard InChI is InChI=1S/C22H23N9/c1-29(2)8-3-9-30-15-19(12-25-30)20-13-24-21-22(26-20)31(28-27-21)14-16-4-5-18-11-23-7-6-17(18)10-16/h4-7,10-13,15H,3,8-9,14H2,1-2H3. The zero-order chi connectivity index (χ0) is 21.2. The zero-order valence-corrected chi connectivity index (χ0v) is 17.5. The van der Waals surface area contributed by atoms with Gasteiger partial charge in [0, 0.05) is 36.1 Å². The highest BCUT2D eigenvalue weighted by Crippen LogP contribution is 2.19. The van der Waals surface area contributed by atoms with Crippen LogP contribution in [-0.2, 0) is 13.1 Å². The molecule has 0 saturated carbocycles. The van der Waals surface area contributed by atoms with Gasteiger partial charge < -0.3 is 4.90 Å². The average molecular weight is 413 g/mol. The lowest BCUT2D eigenvalue weighted by Crippen LogP contribution is -2.15. The topological polar surface area (TPSA) is 90.4 Å². The van der Waals surface area contributed by atoms with Gasteiger partial charge in [-0.25, -0.2) is 14.6 Å². The van der Waals surface area contributed by atoms with Crippen LogP contribution in [0.3, 0.4) is 0 Å². The minimum absolute atomic E-state index is 0.534. The number of hydrogen-bond donors (Lipinski definition) is 0. The number of hydrogen-bond acceptors (Lipinski definition) is 7. The van der Waals surface area contributed by atoms with Crippen LogP contribution in [0.2, 0.25) is 0 Å². The molecule has 0 saturated heterocycles. The maximum Gasteiger partial charge on any atom is 0.221 e. The van der Waals surface area contributed by atoms with Crippen LogP contribution in [0.15, 0.2) is 55.2 Å². The van der Waals surface area contributed by atoms with Crippen molar-refractivity contribution in [3.05, 3.63) is 60.8 Å². The van der Waals surface area contributed by atoms with Gasteiger partial charge in [-0.3, -0.25) is 9.67 Å². The third kappa shape index (κ3) is 4.13. The predicted octanol–water partition coefficient (Wildman–Crippen LogP) is 2.63. The second-order valence-corrected chi connectivity index (χ2v) is 7.86. The lowest BCUT2D eigenvalue weighted by molar-refractivity contribution is 0.380. The molecule has 4 heterocycles. The summed E-state index contributed by atoms with van der Waals surface area (Å²) in [6.07, 6.45) is 10.3. The van der Waals surface area contributed by atoms with Crippen molar-refractivity contribution < 1.29 is 0 Å². The number of fused-ring (bicyclic) bond motifs is 2. The monoisotopic (exact) mass is 413 g/mol. The Hall–Kier alpha value is -3.72. The van der Waals surface area contributed by atoms with Crippen LogP contribution in [0.1, 0.15) is 12.0 Å². The quantitative estimate of drug-likeness (QED) is 0.405. The van der Waals surface area contributed by atoms with Crippen LogP contribution in [0.4, 0.5) is 0 Å². The molecule has 0 spiro atoms. The minimum atomic E-state index is 0.534. The molecule has 0 fully saturated rings. The van der Waals surface area contributed by atoms with E-state index in [9.17, 15) is 0 Å². The molecule has 31 heavy (non-hydrogen) atoms. The zero-order valence-electron chi connectivity index (χ0n) is 17.5. The van der Waals surface area contributed by atoms with Crippen molar-refractivity contribution in [2.24, 2.45) is 0 Å². The van der Waals surface area contributed by atoms with E-state index >= 15 is 0 Å². The Balaban J connectivity index is 1.40. The molecule has 0 N–H and O–H groups in total. The number of aryl methyl sites for hydroxylation is 1. The highest BCUT2D eigenvalue weighted by molar-refractivity contribution is 5.82. The first-order valence-corrected chi connectivity index (χ1v) is 10.2. The predicted molar refractivity (Wildman–Crippen MR) is 118 cm³/mol. The van der Waals surface area contributed by atoms with Gasteiger partial charge in [0.15, 0.2) is 5.65 Å². The number of rotatable bonds is 7. The molecule has 156 valence electrons. The fraction of sp³-hybridized carbons (Fsp3) is 0.273. The first kappa shape index (κ1) is 19.3. The third-order valence-electron chi connectivity index (χ3n) is 5.19. The number of aromatic nitrogens is 8. The summed E-state index contributed by atoms with van der Waals surface area (Å²) < 4.78 is 3.74. The van der Waals surface area contributed by atoms with Crippen LogP contribution >= 0.6 is 0 Å². The van der Waals surface area contributed by atoms with E-state index in [0.717, 1.165) is 47.1 Å². The van der Waals surface area contributed by atoms with Crippen LogP contribution in [-0.4, -0.2) is 65.3 Å². The smallest absolute Gasteiger partial charge is 0.221 e. The van der Waals surface area contributed by atoms with E-state index in [2.05, 4.69) is 62.6 Å². The molecule has 5 rings (SSSR count). The van der Waals surface area contributed by atoms with Crippen molar-refractivity contribution in [1.82, 2.24) is 44.6 Å². The van der Waals surface area contributed by atoms with Gasteiger partial charge >= 0.3 is 0 Å². The molecule has 0 aliphatic heterocycles. The van der Waals surface area contributed by atoms with Crippen LogP contribution < -0.4 is 0 Å². The molecule has 0 atom stereocenters. The fourth-order valence-corrected chi connectivity index (χ4v) is 3.57. The van der Waals surface area contributed by atoms with E-state index in [1.165, 1.54) is 0 Å². The van der Waals surface area contributed by atoms with Gasteiger partial charge in [0.1, 0.15) is 0 Å². The molecular weight excluding hydrogens is 390 g/mol. The van der Waals surface area contributed by atoms with Crippen LogP contribution in [0.25, 0.3) is 33.3 Å². The highest BCUT2D eigenvalue weighted by atomic mass is 15.4. The maximum atomic E-state index is 4.79. The number of nitrogens with zero attached hydrogens (tertiary/aromatic N) is 9. The van der Waals surface area contributed by atoms with Gasteiger partial charge in [-0.1, -0.05) is 17.3 Å². The van der Waals surface area contributed by atoms with Crippen molar-refractivity contribution in [1.29, 1.82) is 0 Å². The van der Waals surface area contributed by atoms with Crippen LogP contribution in [0.5, 0.6) is 0 Å². The maximum absolute atomic E-state index is 4.79. The summed E-state index contributed by atoms with van der Waals surface area (Å²) in [6, 6.07) is 8.29. The van der Waals surface area contributed by atoms with Gasteiger partial charge in [-0.15, -0.1) is 5.10 Å². The SMILES string of the molecule is CN(C)CCCn1cc(-c2cnc3nnn(Cc4ccc5cnccc5c4)c3n2)cn1. The minimum Gasteiger partial charge on any atom is -0.309 e. The molecule has 9 nitrogen and oxygen atoms in total. The van der Waals surface area contributed by atoms with Crippen LogP contribution in [0, 0.1) is 0 Å². The summed E-state index contributed by atoms with van der Waals surface area (Å²) in [5.74, 6) is 0. The summed E-state index contributed by atoms with van der Waals surface area (Å²) >= 11 is 0. The third-order valence-corrected chi connectivity index (χ3v) is 5.19. The second-order valence-electron chi connectivity index (χ2n) is 7.86. The summed E-state index contributed by atoms with van der Waals surface area (Å²) in [5.41, 5.74) is 4.01. The van der Waals surface area contributed by atoms with E-state index < -0.39 is 0 Å². The number of pyridine rings is 1. The second kappa shape index (κ2) is 8.19. The Morgan fingerprint density at radius 1 is 1.03 bits per heavy atom. The van der Waals surface area contributed by atoms with Gasteiger partial charge in [0.25, 0.3) is 0 Å².